The molecule has 2 aliphatic heterocycles. The van der Waals surface area contributed by atoms with Crippen molar-refractivity contribution in [1.82, 2.24) is 19.7 Å². The van der Waals surface area contributed by atoms with Crippen molar-refractivity contribution in [2.75, 3.05) is 12.0 Å². The number of rotatable bonds is 3. The predicted octanol–water partition coefficient (Wildman–Crippen LogP) is 3.92. The van der Waals surface area contributed by atoms with Crippen LogP contribution in [-0.2, 0) is 25.4 Å². The fraction of sp³-hybridized carbons (Fsp3) is 0.550. The van der Waals surface area contributed by atoms with Gasteiger partial charge in [-0.3, -0.25) is 9.67 Å². The van der Waals surface area contributed by atoms with Crippen LogP contribution in [0, 0.1) is 5.82 Å². The molecule has 33 heavy (non-hydrogen) atoms. The normalized spacial score (nSPS) is 24.3. The molecule has 0 saturated carbocycles. The Morgan fingerprint density at radius 2 is 2.09 bits per heavy atom. The number of aliphatic hydroxyl groups is 1. The third-order valence-corrected chi connectivity index (χ3v) is 6.05. The number of pyridine rings is 1. The molecule has 2 atom stereocenters. The Labute approximate surface area is 184 Å². The van der Waals surface area contributed by atoms with Crippen molar-refractivity contribution in [3.05, 3.63) is 40.7 Å². The van der Waals surface area contributed by atoms with Gasteiger partial charge in [-0.2, -0.15) is 13.9 Å². The van der Waals surface area contributed by atoms with Crippen LogP contribution in [0.1, 0.15) is 48.8 Å². The third-order valence-electron chi connectivity index (χ3n) is 6.05. The van der Waals surface area contributed by atoms with E-state index in [0.717, 1.165) is 21.8 Å². The fourth-order valence-electron chi connectivity index (χ4n) is 4.26. The van der Waals surface area contributed by atoms with E-state index in [1.807, 2.05) is 0 Å². The molecular weight excluding hydrogens is 456 g/mol. The van der Waals surface area contributed by atoms with Crippen LogP contribution >= 0.6 is 0 Å². The van der Waals surface area contributed by atoms with Crippen LogP contribution in [0.25, 0.3) is 0 Å². The lowest BCUT2D eigenvalue weighted by molar-refractivity contribution is -0.0474. The van der Waals surface area contributed by atoms with Crippen molar-refractivity contribution >= 4 is 11.7 Å². The van der Waals surface area contributed by atoms with Crippen molar-refractivity contribution in [1.29, 1.82) is 0 Å². The van der Waals surface area contributed by atoms with Crippen molar-refractivity contribution in [2.24, 2.45) is 0 Å². The van der Waals surface area contributed by atoms with Gasteiger partial charge in [0.05, 0.1) is 24.5 Å². The van der Waals surface area contributed by atoms with E-state index in [9.17, 15) is 36.2 Å². The van der Waals surface area contributed by atoms with E-state index < -0.39 is 79.0 Å². The number of aromatic nitrogens is 3. The van der Waals surface area contributed by atoms with Gasteiger partial charge in [-0.15, -0.1) is 0 Å². The second-order valence-corrected chi connectivity index (χ2v) is 8.46. The van der Waals surface area contributed by atoms with Gasteiger partial charge in [0, 0.05) is 30.6 Å². The molecule has 0 fully saturated rings. The fourth-order valence-corrected chi connectivity index (χ4v) is 4.26. The van der Waals surface area contributed by atoms with E-state index in [1.54, 1.807) is 6.92 Å². The van der Waals surface area contributed by atoms with Crippen LogP contribution in [0.2, 0.25) is 0 Å². The van der Waals surface area contributed by atoms with E-state index >= 15 is 0 Å². The summed E-state index contributed by atoms with van der Waals surface area (Å²) in [5, 5.41) is 16.7. The summed E-state index contributed by atoms with van der Waals surface area (Å²) in [5.41, 5.74) is -3.76. The molecule has 13 heteroatoms. The molecule has 2 aromatic rings. The Hall–Kier alpha value is -2.83. The van der Waals surface area contributed by atoms with Gasteiger partial charge in [-0.1, -0.05) is 0 Å². The number of fused-ring (bicyclic) bond motifs is 3. The Balaban J connectivity index is 1.64. The number of urea groups is 1. The quantitative estimate of drug-likeness (QED) is 0.657. The second-order valence-electron chi connectivity index (χ2n) is 8.46. The molecule has 4 heterocycles. The molecule has 2 aliphatic rings. The summed E-state index contributed by atoms with van der Waals surface area (Å²) in [6.07, 6.45) is -3.46. The number of anilines is 1. The molecule has 0 spiro atoms. The highest BCUT2D eigenvalue weighted by Crippen LogP contribution is 2.43. The van der Waals surface area contributed by atoms with E-state index in [-0.39, 0.29) is 18.5 Å². The minimum atomic E-state index is -3.42. The Morgan fingerprint density at radius 3 is 2.76 bits per heavy atom. The van der Waals surface area contributed by atoms with Gasteiger partial charge in [0.2, 0.25) is 0 Å². The van der Waals surface area contributed by atoms with Gasteiger partial charge in [0.25, 0.3) is 12.3 Å². The monoisotopic (exact) mass is 477 g/mol. The molecule has 180 valence electrons. The number of nitrogens with one attached hydrogen (secondary N) is 1. The van der Waals surface area contributed by atoms with Crippen LogP contribution in [0.5, 0.6) is 0 Å². The van der Waals surface area contributed by atoms with Gasteiger partial charge >= 0.3 is 6.03 Å². The van der Waals surface area contributed by atoms with Gasteiger partial charge < -0.3 is 15.3 Å². The number of hydrogen-bond acceptors (Lipinski definition) is 4. The lowest BCUT2D eigenvalue weighted by Gasteiger charge is -2.33. The largest absolute Gasteiger partial charge is 0.385 e. The average molecular weight is 477 g/mol. The van der Waals surface area contributed by atoms with Crippen molar-refractivity contribution in [2.45, 2.75) is 63.3 Å². The summed E-state index contributed by atoms with van der Waals surface area (Å²) in [6.45, 7) is -0.358. The molecule has 7 nitrogen and oxygen atoms in total. The number of hydrogen-bond donors (Lipinski definition) is 2. The summed E-state index contributed by atoms with van der Waals surface area (Å²) >= 11 is 0. The highest BCUT2D eigenvalue weighted by atomic mass is 19.3. The molecule has 0 bridgehead atoms. The van der Waals surface area contributed by atoms with Gasteiger partial charge in [0.1, 0.15) is 23.7 Å². The highest BCUT2D eigenvalue weighted by Gasteiger charge is 2.48. The zero-order chi connectivity index (χ0) is 24.1. The molecule has 4 rings (SSSR count). The second kappa shape index (κ2) is 8.19. The molecule has 2 N–H and O–H groups in total. The summed E-state index contributed by atoms with van der Waals surface area (Å²) in [5.74, 6) is -4.81. The number of halogens is 6. The maximum Gasteiger partial charge on any atom is 0.322 e. The first-order valence-electron chi connectivity index (χ1n) is 10.2. The number of carbonyl (C=O) groups is 1. The molecule has 2 amide bonds. The predicted molar refractivity (Wildman–Crippen MR) is 103 cm³/mol. The maximum atomic E-state index is 15.0. The van der Waals surface area contributed by atoms with Crippen LogP contribution in [0.3, 0.4) is 0 Å². The molecule has 2 unspecified atom stereocenters. The first kappa shape index (κ1) is 23.3. The standard InChI is InChI=1S/C20H21F6N5O2/c1-10-6-13-11(16-20(25,26)4-3-19(33,8-21)9-31(16)29-13)7-30(10)18(32)28-12-2-5-27-15(14(12)22)17(23)24/h2,5,10,17,33H,3-4,6-9H2,1H3,(H,27,28,32). The molecule has 0 aliphatic carbocycles. The summed E-state index contributed by atoms with van der Waals surface area (Å²) in [4.78, 5) is 17.2. The third kappa shape index (κ3) is 4.13. The van der Waals surface area contributed by atoms with E-state index in [0.29, 0.717) is 5.69 Å². The summed E-state index contributed by atoms with van der Waals surface area (Å²) in [7, 11) is 0. The minimum Gasteiger partial charge on any atom is -0.385 e. The molecule has 2 aromatic heterocycles. The number of nitrogens with zero attached hydrogens (tertiary/aromatic N) is 4. The Morgan fingerprint density at radius 1 is 1.36 bits per heavy atom. The van der Waals surface area contributed by atoms with Crippen molar-refractivity contribution in [3.8, 4) is 0 Å². The lowest BCUT2D eigenvalue weighted by atomic mass is 9.94. The van der Waals surface area contributed by atoms with Crippen LogP contribution in [0.15, 0.2) is 12.3 Å². The van der Waals surface area contributed by atoms with E-state index in [1.165, 1.54) is 0 Å². The molecule has 0 aromatic carbocycles. The first-order chi connectivity index (χ1) is 15.5. The summed E-state index contributed by atoms with van der Waals surface area (Å²) in [6, 6.07) is -0.419. The summed E-state index contributed by atoms with van der Waals surface area (Å²) < 4.78 is 84.2. The molecule has 0 saturated heterocycles. The number of alkyl halides is 5. The lowest BCUT2D eigenvalue weighted by Crippen LogP contribution is -2.45. The first-order valence-corrected chi connectivity index (χ1v) is 10.2. The zero-order valence-corrected chi connectivity index (χ0v) is 17.5. The van der Waals surface area contributed by atoms with Gasteiger partial charge in [0.15, 0.2) is 5.82 Å². The maximum absolute atomic E-state index is 15.0. The smallest absolute Gasteiger partial charge is 0.322 e. The SMILES string of the molecule is CC1Cc2nn3c(c2CN1C(=O)Nc1ccnc(C(F)F)c1F)C(F)(F)CCC(O)(CF)C3. The van der Waals surface area contributed by atoms with E-state index in [4.69, 9.17) is 0 Å². The molecule has 0 radical (unpaired) electrons. The topological polar surface area (TPSA) is 83.3 Å². The zero-order valence-electron chi connectivity index (χ0n) is 17.5. The van der Waals surface area contributed by atoms with Crippen LogP contribution in [-0.4, -0.2) is 49.1 Å². The molecular formula is C20H21F6N5O2. The Kier molecular flexibility index (Phi) is 5.79. The number of carbonyl (C=O) groups excluding carboxylic acids is 1. The Bertz CT molecular complexity index is 1080. The van der Waals surface area contributed by atoms with Gasteiger partial charge in [-0.05, 0) is 19.4 Å². The number of amides is 2. The van der Waals surface area contributed by atoms with E-state index in [2.05, 4.69) is 15.4 Å². The average Bonchev–Trinajstić information content (AvgIpc) is 3.05. The van der Waals surface area contributed by atoms with Crippen molar-refractivity contribution < 1.29 is 36.2 Å². The van der Waals surface area contributed by atoms with Crippen LogP contribution < -0.4 is 5.32 Å². The highest BCUT2D eigenvalue weighted by molar-refractivity contribution is 5.90. The van der Waals surface area contributed by atoms with Gasteiger partial charge in [-0.25, -0.2) is 22.4 Å². The minimum absolute atomic E-state index is 0.0693. The van der Waals surface area contributed by atoms with Crippen LogP contribution in [0.4, 0.5) is 36.8 Å². The van der Waals surface area contributed by atoms with Crippen molar-refractivity contribution in [3.63, 3.8) is 0 Å².